The summed E-state index contributed by atoms with van der Waals surface area (Å²) in [7, 11) is 0. The number of carbonyl (C=O) groups is 1. The quantitative estimate of drug-likeness (QED) is 0.843. The summed E-state index contributed by atoms with van der Waals surface area (Å²) >= 11 is 0. The van der Waals surface area contributed by atoms with Gasteiger partial charge in [0, 0.05) is 11.3 Å². The highest BCUT2D eigenvalue weighted by Gasteiger charge is 2.33. The number of hydrogen-bond donors (Lipinski definition) is 2. The number of rotatable bonds is 4. The molecule has 1 amide bonds. The molecular weight excluding hydrogens is 260 g/mol. The first-order valence-electron chi connectivity index (χ1n) is 7.37. The fraction of sp³-hybridized carbons (Fsp3) is 0.278. The number of hydrogen-bond acceptors (Lipinski definition) is 2. The summed E-state index contributed by atoms with van der Waals surface area (Å²) in [6.07, 6.45) is 2.35. The molecule has 1 fully saturated rings. The summed E-state index contributed by atoms with van der Waals surface area (Å²) in [4.78, 5) is 12.6. The van der Waals surface area contributed by atoms with E-state index in [4.69, 9.17) is 5.73 Å². The minimum atomic E-state index is -0.0412. The molecule has 0 bridgehead atoms. The van der Waals surface area contributed by atoms with Gasteiger partial charge < -0.3 is 11.1 Å². The van der Waals surface area contributed by atoms with Gasteiger partial charge in [0.2, 0.25) is 0 Å². The Labute approximate surface area is 125 Å². The molecule has 1 atom stereocenters. The molecule has 0 aromatic heterocycles. The normalized spacial score (nSPS) is 15.5. The average molecular weight is 280 g/mol. The van der Waals surface area contributed by atoms with Gasteiger partial charge in [-0.3, -0.25) is 4.79 Å². The molecule has 1 aliphatic rings. The highest BCUT2D eigenvalue weighted by atomic mass is 16.1. The Balaban J connectivity index is 1.83. The maximum atomic E-state index is 12.6. The van der Waals surface area contributed by atoms with Gasteiger partial charge in [0.15, 0.2) is 0 Å². The van der Waals surface area contributed by atoms with Crippen molar-refractivity contribution in [2.24, 2.45) is 5.92 Å². The largest absolute Gasteiger partial charge is 0.398 e. The van der Waals surface area contributed by atoms with Crippen LogP contribution in [0.25, 0.3) is 0 Å². The summed E-state index contributed by atoms with van der Waals surface area (Å²) in [5.74, 6) is 0.512. The molecule has 3 heteroatoms. The van der Waals surface area contributed by atoms with E-state index in [-0.39, 0.29) is 11.9 Å². The van der Waals surface area contributed by atoms with E-state index in [9.17, 15) is 4.79 Å². The topological polar surface area (TPSA) is 55.1 Å². The van der Waals surface area contributed by atoms with Gasteiger partial charge in [-0.05, 0) is 48.9 Å². The van der Waals surface area contributed by atoms with E-state index in [1.54, 1.807) is 0 Å². The van der Waals surface area contributed by atoms with Gasteiger partial charge in [-0.1, -0.05) is 36.4 Å². The minimum Gasteiger partial charge on any atom is -0.398 e. The number of benzene rings is 2. The molecular formula is C18H20N2O. The molecule has 0 heterocycles. The second-order valence-electron chi connectivity index (χ2n) is 5.72. The first kappa shape index (κ1) is 13.7. The second kappa shape index (κ2) is 5.60. The third-order valence-corrected chi connectivity index (χ3v) is 4.16. The lowest BCUT2D eigenvalue weighted by Gasteiger charge is -2.19. The maximum Gasteiger partial charge on any atom is 0.252 e. The van der Waals surface area contributed by atoms with Crippen LogP contribution in [0.2, 0.25) is 0 Å². The Kier molecular flexibility index (Phi) is 3.65. The smallest absolute Gasteiger partial charge is 0.252 e. The number of nitrogens with one attached hydrogen (secondary N) is 1. The van der Waals surface area contributed by atoms with E-state index in [0.29, 0.717) is 17.2 Å². The van der Waals surface area contributed by atoms with Gasteiger partial charge in [0.1, 0.15) is 0 Å². The first-order valence-corrected chi connectivity index (χ1v) is 7.37. The second-order valence-corrected chi connectivity index (χ2v) is 5.72. The third-order valence-electron chi connectivity index (χ3n) is 4.16. The zero-order chi connectivity index (χ0) is 14.8. The zero-order valence-corrected chi connectivity index (χ0v) is 12.2. The van der Waals surface area contributed by atoms with Crippen LogP contribution in [0.4, 0.5) is 5.69 Å². The molecule has 3 N–H and O–H groups in total. The van der Waals surface area contributed by atoms with Crippen molar-refractivity contribution in [1.29, 1.82) is 0 Å². The van der Waals surface area contributed by atoms with Crippen molar-refractivity contribution in [3.8, 4) is 0 Å². The van der Waals surface area contributed by atoms with Crippen molar-refractivity contribution in [3.05, 3.63) is 65.2 Å². The predicted octanol–water partition coefficient (Wildman–Crippen LogP) is 3.46. The van der Waals surface area contributed by atoms with Crippen LogP contribution >= 0.6 is 0 Å². The van der Waals surface area contributed by atoms with E-state index in [1.807, 2.05) is 43.3 Å². The number of nitrogen functional groups attached to an aromatic ring is 1. The number of anilines is 1. The molecule has 21 heavy (non-hydrogen) atoms. The van der Waals surface area contributed by atoms with Crippen LogP contribution in [0.15, 0.2) is 48.5 Å². The van der Waals surface area contributed by atoms with Gasteiger partial charge in [-0.2, -0.15) is 0 Å². The molecule has 108 valence electrons. The predicted molar refractivity (Wildman–Crippen MR) is 85.0 cm³/mol. The number of nitrogens with two attached hydrogens (primary N) is 1. The van der Waals surface area contributed by atoms with E-state index in [0.717, 1.165) is 5.56 Å². The molecule has 2 aromatic carbocycles. The standard InChI is InChI=1S/C18H20N2O/c1-12-15(8-5-9-16(12)19)18(21)20-17(14-10-11-14)13-6-3-2-4-7-13/h2-9,14,17H,10-11,19H2,1H3,(H,20,21). The van der Waals surface area contributed by atoms with Crippen molar-refractivity contribution in [2.75, 3.05) is 5.73 Å². The molecule has 1 saturated carbocycles. The van der Waals surface area contributed by atoms with Gasteiger partial charge in [-0.15, -0.1) is 0 Å². The molecule has 0 saturated heterocycles. The van der Waals surface area contributed by atoms with Crippen molar-refractivity contribution >= 4 is 11.6 Å². The maximum absolute atomic E-state index is 12.6. The van der Waals surface area contributed by atoms with Crippen LogP contribution in [-0.2, 0) is 0 Å². The molecule has 0 spiro atoms. The Morgan fingerprint density at radius 2 is 1.86 bits per heavy atom. The Hall–Kier alpha value is -2.29. The Morgan fingerprint density at radius 1 is 1.14 bits per heavy atom. The monoisotopic (exact) mass is 280 g/mol. The molecule has 2 aromatic rings. The first-order chi connectivity index (χ1) is 10.2. The minimum absolute atomic E-state index is 0.0412. The lowest BCUT2D eigenvalue weighted by atomic mass is 10.0. The van der Waals surface area contributed by atoms with Crippen molar-refractivity contribution in [1.82, 2.24) is 5.32 Å². The van der Waals surface area contributed by atoms with Gasteiger partial charge in [-0.25, -0.2) is 0 Å². The highest BCUT2D eigenvalue weighted by Crippen LogP contribution is 2.41. The zero-order valence-electron chi connectivity index (χ0n) is 12.2. The van der Waals surface area contributed by atoms with Crippen LogP contribution < -0.4 is 11.1 Å². The van der Waals surface area contributed by atoms with E-state index in [1.165, 1.54) is 18.4 Å². The van der Waals surface area contributed by atoms with Crippen molar-refractivity contribution < 1.29 is 4.79 Å². The van der Waals surface area contributed by atoms with Crippen LogP contribution in [0.3, 0.4) is 0 Å². The third kappa shape index (κ3) is 2.92. The van der Waals surface area contributed by atoms with E-state index >= 15 is 0 Å². The Morgan fingerprint density at radius 3 is 2.52 bits per heavy atom. The molecule has 1 unspecified atom stereocenters. The lowest BCUT2D eigenvalue weighted by molar-refractivity contribution is 0.0931. The van der Waals surface area contributed by atoms with E-state index < -0.39 is 0 Å². The van der Waals surface area contributed by atoms with Crippen LogP contribution in [-0.4, -0.2) is 5.91 Å². The molecule has 0 radical (unpaired) electrons. The fourth-order valence-electron chi connectivity index (χ4n) is 2.68. The SMILES string of the molecule is Cc1c(N)cccc1C(=O)NC(c1ccccc1)C1CC1. The van der Waals surface area contributed by atoms with E-state index in [2.05, 4.69) is 17.4 Å². The summed E-state index contributed by atoms with van der Waals surface area (Å²) in [5.41, 5.74) is 9.23. The number of amides is 1. The molecule has 0 aliphatic heterocycles. The lowest BCUT2D eigenvalue weighted by Crippen LogP contribution is -2.30. The van der Waals surface area contributed by atoms with Crippen LogP contribution in [0.1, 0.15) is 40.4 Å². The summed E-state index contributed by atoms with van der Waals surface area (Å²) in [6.45, 7) is 1.89. The summed E-state index contributed by atoms with van der Waals surface area (Å²) in [5, 5.41) is 3.19. The van der Waals surface area contributed by atoms with Gasteiger partial charge in [0.25, 0.3) is 5.91 Å². The summed E-state index contributed by atoms with van der Waals surface area (Å²) in [6, 6.07) is 15.8. The summed E-state index contributed by atoms with van der Waals surface area (Å²) < 4.78 is 0. The molecule has 3 rings (SSSR count). The van der Waals surface area contributed by atoms with Gasteiger partial charge in [0.05, 0.1) is 6.04 Å². The average Bonchev–Trinajstić information content (AvgIpc) is 3.33. The highest BCUT2D eigenvalue weighted by molar-refractivity contribution is 5.97. The van der Waals surface area contributed by atoms with Crippen molar-refractivity contribution in [2.45, 2.75) is 25.8 Å². The van der Waals surface area contributed by atoms with Gasteiger partial charge >= 0.3 is 0 Å². The molecule has 1 aliphatic carbocycles. The molecule has 3 nitrogen and oxygen atoms in total. The van der Waals surface area contributed by atoms with Crippen molar-refractivity contribution in [3.63, 3.8) is 0 Å². The number of carbonyl (C=O) groups excluding carboxylic acids is 1. The Bertz CT molecular complexity index is 648. The van der Waals surface area contributed by atoms with Crippen LogP contribution in [0.5, 0.6) is 0 Å². The fourth-order valence-corrected chi connectivity index (χ4v) is 2.68. The van der Waals surface area contributed by atoms with Crippen LogP contribution in [0, 0.1) is 12.8 Å².